The van der Waals surface area contributed by atoms with Crippen molar-refractivity contribution in [2.45, 2.75) is 11.2 Å². The zero-order valence-electron chi connectivity index (χ0n) is 10.0. The van der Waals surface area contributed by atoms with Crippen molar-refractivity contribution in [3.63, 3.8) is 0 Å². The molecule has 1 nitrogen and oxygen atoms in total. The molecule has 19 heavy (non-hydrogen) atoms. The summed E-state index contributed by atoms with van der Waals surface area (Å²) in [5.41, 5.74) is 2.11. The van der Waals surface area contributed by atoms with Gasteiger partial charge < -0.3 is 0 Å². The summed E-state index contributed by atoms with van der Waals surface area (Å²) in [6, 6.07) is 14.7. The van der Waals surface area contributed by atoms with Crippen LogP contribution in [0.4, 0.5) is 4.39 Å². The maximum atomic E-state index is 12.9. The number of fused-ring (bicyclic) bond motifs is 1. The van der Waals surface area contributed by atoms with Crippen molar-refractivity contribution in [1.29, 1.82) is 0 Å². The van der Waals surface area contributed by atoms with Crippen LogP contribution in [0.2, 0.25) is 0 Å². The molecule has 1 heterocycles. The Morgan fingerprint density at radius 2 is 1.84 bits per heavy atom. The SMILES string of the molecule is Fc1ccc(C(Br)Cc2nc3ccccc3s2)cc1. The Balaban J connectivity index is 1.82. The van der Waals surface area contributed by atoms with E-state index in [0.29, 0.717) is 0 Å². The van der Waals surface area contributed by atoms with Crippen LogP contribution >= 0.6 is 27.3 Å². The predicted octanol–water partition coefficient (Wildman–Crippen LogP) is 5.11. The van der Waals surface area contributed by atoms with Gasteiger partial charge in [0.1, 0.15) is 5.82 Å². The fraction of sp³-hybridized carbons (Fsp3) is 0.133. The second-order valence-electron chi connectivity index (χ2n) is 4.30. The quantitative estimate of drug-likeness (QED) is 0.606. The third-order valence-corrected chi connectivity index (χ3v) is 4.83. The van der Waals surface area contributed by atoms with Crippen LogP contribution in [-0.4, -0.2) is 4.98 Å². The van der Waals surface area contributed by atoms with E-state index in [-0.39, 0.29) is 10.6 Å². The highest BCUT2D eigenvalue weighted by molar-refractivity contribution is 9.09. The molecule has 0 amide bonds. The first kappa shape index (κ1) is 12.8. The molecule has 0 bridgehead atoms. The molecule has 0 radical (unpaired) electrons. The van der Waals surface area contributed by atoms with Crippen molar-refractivity contribution in [2.24, 2.45) is 0 Å². The third-order valence-electron chi connectivity index (χ3n) is 2.92. The first-order chi connectivity index (χ1) is 9.22. The van der Waals surface area contributed by atoms with Crippen molar-refractivity contribution in [2.75, 3.05) is 0 Å². The van der Waals surface area contributed by atoms with Crippen molar-refractivity contribution in [1.82, 2.24) is 4.98 Å². The summed E-state index contributed by atoms with van der Waals surface area (Å²) in [4.78, 5) is 4.77. The van der Waals surface area contributed by atoms with Crippen LogP contribution in [0.3, 0.4) is 0 Å². The molecular formula is C15H11BrFNS. The predicted molar refractivity (Wildman–Crippen MR) is 81.4 cm³/mol. The summed E-state index contributed by atoms with van der Waals surface area (Å²) in [5.74, 6) is -0.205. The highest BCUT2D eigenvalue weighted by atomic mass is 79.9. The number of hydrogen-bond donors (Lipinski definition) is 0. The Morgan fingerprint density at radius 3 is 2.58 bits per heavy atom. The topological polar surface area (TPSA) is 12.9 Å². The van der Waals surface area contributed by atoms with Crippen molar-refractivity contribution < 1.29 is 4.39 Å². The summed E-state index contributed by atoms with van der Waals surface area (Å²) in [7, 11) is 0. The first-order valence-electron chi connectivity index (χ1n) is 5.96. The molecule has 0 saturated heterocycles. The Kier molecular flexibility index (Phi) is 3.62. The molecule has 96 valence electrons. The van der Waals surface area contributed by atoms with Gasteiger partial charge in [0, 0.05) is 11.2 Å². The van der Waals surface area contributed by atoms with Crippen LogP contribution in [0.25, 0.3) is 10.2 Å². The van der Waals surface area contributed by atoms with Gasteiger partial charge >= 0.3 is 0 Å². The Hall–Kier alpha value is -1.26. The largest absolute Gasteiger partial charge is 0.241 e. The van der Waals surface area contributed by atoms with E-state index in [0.717, 1.165) is 22.5 Å². The fourth-order valence-electron chi connectivity index (χ4n) is 1.95. The Bertz CT molecular complexity index is 660. The lowest BCUT2D eigenvalue weighted by Gasteiger charge is -2.07. The Morgan fingerprint density at radius 1 is 1.11 bits per heavy atom. The number of benzene rings is 2. The van der Waals surface area contributed by atoms with E-state index in [1.165, 1.54) is 16.8 Å². The van der Waals surface area contributed by atoms with E-state index >= 15 is 0 Å². The molecule has 3 aromatic rings. The minimum atomic E-state index is -0.205. The van der Waals surface area contributed by atoms with Crippen molar-refractivity contribution in [3.05, 3.63) is 64.9 Å². The molecule has 0 aliphatic carbocycles. The number of rotatable bonds is 3. The molecule has 1 atom stereocenters. The average molecular weight is 336 g/mol. The van der Waals surface area contributed by atoms with E-state index < -0.39 is 0 Å². The van der Waals surface area contributed by atoms with Crippen LogP contribution in [0.1, 0.15) is 15.4 Å². The molecule has 1 aromatic heterocycles. The van der Waals surface area contributed by atoms with Gasteiger partial charge in [0.25, 0.3) is 0 Å². The van der Waals surface area contributed by atoms with E-state index in [1.807, 2.05) is 30.3 Å². The van der Waals surface area contributed by atoms with Crippen LogP contribution in [0.15, 0.2) is 48.5 Å². The van der Waals surface area contributed by atoms with Gasteiger partial charge in [0.2, 0.25) is 0 Å². The second-order valence-corrected chi connectivity index (χ2v) is 6.52. The van der Waals surface area contributed by atoms with Crippen LogP contribution in [0, 0.1) is 5.82 Å². The van der Waals surface area contributed by atoms with Gasteiger partial charge in [-0.15, -0.1) is 11.3 Å². The number of thiazole rings is 1. The van der Waals surface area contributed by atoms with Gasteiger partial charge in [-0.25, -0.2) is 9.37 Å². The molecular weight excluding hydrogens is 325 g/mol. The van der Waals surface area contributed by atoms with Gasteiger partial charge in [-0.3, -0.25) is 0 Å². The van der Waals surface area contributed by atoms with Crippen molar-refractivity contribution >= 4 is 37.5 Å². The number of hydrogen-bond acceptors (Lipinski definition) is 2. The molecule has 4 heteroatoms. The smallest absolute Gasteiger partial charge is 0.123 e. The second kappa shape index (κ2) is 5.39. The van der Waals surface area contributed by atoms with Gasteiger partial charge in [0.15, 0.2) is 0 Å². The van der Waals surface area contributed by atoms with E-state index in [9.17, 15) is 4.39 Å². The minimum absolute atomic E-state index is 0.161. The third kappa shape index (κ3) is 2.85. The molecule has 0 aliphatic rings. The maximum absolute atomic E-state index is 12.9. The van der Waals surface area contributed by atoms with Gasteiger partial charge in [-0.1, -0.05) is 40.2 Å². The highest BCUT2D eigenvalue weighted by Crippen LogP contribution is 2.30. The first-order valence-corrected chi connectivity index (χ1v) is 7.69. The molecule has 2 aromatic carbocycles. The van der Waals surface area contributed by atoms with Crippen LogP contribution < -0.4 is 0 Å². The summed E-state index contributed by atoms with van der Waals surface area (Å²) in [6.45, 7) is 0. The van der Waals surface area contributed by atoms with Crippen LogP contribution in [-0.2, 0) is 6.42 Å². The zero-order valence-corrected chi connectivity index (χ0v) is 12.4. The lowest BCUT2D eigenvalue weighted by molar-refractivity contribution is 0.627. The summed E-state index contributed by atoms with van der Waals surface area (Å²) in [6.07, 6.45) is 0.810. The highest BCUT2D eigenvalue weighted by Gasteiger charge is 2.12. The van der Waals surface area contributed by atoms with Gasteiger partial charge in [-0.05, 0) is 29.8 Å². The number of alkyl halides is 1. The molecule has 3 rings (SSSR count). The van der Waals surface area contributed by atoms with Gasteiger partial charge in [-0.2, -0.15) is 0 Å². The molecule has 0 saturated carbocycles. The maximum Gasteiger partial charge on any atom is 0.123 e. The number of halogens is 2. The van der Waals surface area contributed by atoms with E-state index in [2.05, 4.69) is 27.0 Å². The Labute approximate surface area is 123 Å². The molecule has 0 aliphatic heterocycles. The normalized spacial score (nSPS) is 12.7. The minimum Gasteiger partial charge on any atom is -0.241 e. The summed E-state index contributed by atoms with van der Waals surface area (Å²) < 4.78 is 14.1. The molecule has 1 unspecified atom stereocenters. The monoisotopic (exact) mass is 335 g/mol. The lowest BCUT2D eigenvalue weighted by atomic mass is 10.1. The molecule has 0 N–H and O–H groups in total. The summed E-state index contributed by atoms with van der Waals surface area (Å²) >= 11 is 5.36. The number of aromatic nitrogens is 1. The fourth-order valence-corrected chi connectivity index (χ4v) is 3.79. The van der Waals surface area contributed by atoms with Crippen LogP contribution in [0.5, 0.6) is 0 Å². The molecule has 0 fully saturated rings. The lowest BCUT2D eigenvalue weighted by Crippen LogP contribution is -1.94. The average Bonchev–Trinajstić information content (AvgIpc) is 2.81. The van der Waals surface area contributed by atoms with E-state index in [1.54, 1.807) is 11.3 Å². The number of nitrogens with zero attached hydrogens (tertiary/aromatic N) is 1. The zero-order chi connectivity index (χ0) is 13.2. The molecule has 0 spiro atoms. The standard InChI is InChI=1S/C15H11BrFNS/c16-12(10-5-7-11(17)8-6-10)9-15-18-13-3-1-2-4-14(13)19-15/h1-8,12H,9H2. The number of para-hydroxylation sites is 1. The van der Waals surface area contributed by atoms with E-state index in [4.69, 9.17) is 0 Å². The van der Waals surface area contributed by atoms with Gasteiger partial charge in [0.05, 0.1) is 15.2 Å². The van der Waals surface area contributed by atoms with Crippen molar-refractivity contribution in [3.8, 4) is 0 Å². The summed E-state index contributed by atoms with van der Waals surface area (Å²) in [5, 5.41) is 1.09.